The van der Waals surface area contributed by atoms with Crippen molar-refractivity contribution < 1.29 is 13.2 Å². The summed E-state index contributed by atoms with van der Waals surface area (Å²) >= 11 is 11.8. The molecule has 2 rings (SSSR count). The zero-order chi connectivity index (χ0) is 14.5. The molecule has 1 N–H and O–H groups in total. The quantitative estimate of drug-likeness (QED) is 0.870. The summed E-state index contributed by atoms with van der Waals surface area (Å²) in [6, 6.07) is 6.05. The van der Waals surface area contributed by atoms with Gasteiger partial charge in [0.15, 0.2) is 9.84 Å². The molecule has 4 nitrogen and oxygen atoms in total. The lowest BCUT2D eigenvalue weighted by molar-refractivity contribution is -0.120. The third-order valence-corrected chi connectivity index (χ3v) is 5.49. The number of rotatable bonds is 3. The number of amides is 1. The van der Waals surface area contributed by atoms with Crippen LogP contribution in [0.25, 0.3) is 0 Å². The van der Waals surface area contributed by atoms with Gasteiger partial charge in [-0.15, -0.1) is 23.2 Å². The molecule has 1 aliphatic rings. The Morgan fingerprint density at radius 1 is 1.37 bits per heavy atom. The summed E-state index contributed by atoms with van der Waals surface area (Å²) in [5.41, 5.74) is -0.429. The van der Waals surface area contributed by atoms with Crippen molar-refractivity contribution in [2.24, 2.45) is 5.41 Å². The molecule has 1 saturated carbocycles. The SMILES string of the molecule is CC1(C(=O)Nc2cccc(S(C)(=O)=O)c2)CC1(Cl)Cl. The number of hydrogen-bond acceptors (Lipinski definition) is 3. The van der Waals surface area contributed by atoms with Gasteiger partial charge in [-0.25, -0.2) is 8.42 Å². The number of halogens is 2. The minimum atomic E-state index is -3.31. The van der Waals surface area contributed by atoms with Crippen molar-refractivity contribution in [3.8, 4) is 0 Å². The van der Waals surface area contributed by atoms with Gasteiger partial charge < -0.3 is 5.32 Å². The predicted octanol–water partition coefficient (Wildman–Crippen LogP) is 2.61. The standard InChI is InChI=1S/C12H13Cl2NO3S/c1-11(7-12(11,13)14)10(16)15-8-4-3-5-9(6-8)19(2,17)18/h3-6H,7H2,1-2H3,(H,15,16). The van der Waals surface area contributed by atoms with Crippen LogP contribution >= 0.6 is 23.2 Å². The van der Waals surface area contributed by atoms with E-state index in [2.05, 4.69) is 5.32 Å². The van der Waals surface area contributed by atoms with Crippen LogP contribution in [0.5, 0.6) is 0 Å². The number of nitrogens with one attached hydrogen (secondary N) is 1. The first-order valence-electron chi connectivity index (χ1n) is 5.56. The van der Waals surface area contributed by atoms with Crippen molar-refractivity contribution in [2.75, 3.05) is 11.6 Å². The van der Waals surface area contributed by atoms with Crippen LogP contribution in [0, 0.1) is 5.41 Å². The molecular formula is C12H13Cl2NO3S. The zero-order valence-corrected chi connectivity index (χ0v) is 12.7. The Kier molecular flexibility index (Phi) is 3.36. The molecule has 1 fully saturated rings. The fourth-order valence-corrected chi connectivity index (χ4v) is 3.09. The van der Waals surface area contributed by atoms with E-state index in [1.807, 2.05) is 0 Å². The fourth-order valence-electron chi connectivity index (χ4n) is 1.72. The minimum Gasteiger partial charge on any atom is -0.325 e. The van der Waals surface area contributed by atoms with Gasteiger partial charge in [-0.3, -0.25) is 4.79 Å². The molecule has 0 heterocycles. The first-order valence-corrected chi connectivity index (χ1v) is 8.20. The summed E-state index contributed by atoms with van der Waals surface area (Å²) in [6.07, 6.45) is 1.49. The molecule has 7 heteroatoms. The van der Waals surface area contributed by atoms with Crippen molar-refractivity contribution in [1.29, 1.82) is 0 Å². The average Bonchev–Trinajstić information content (AvgIpc) is 2.79. The summed E-state index contributed by atoms with van der Waals surface area (Å²) in [4.78, 5) is 12.2. The predicted molar refractivity (Wildman–Crippen MR) is 75.3 cm³/mol. The molecule has 1 aromatic rings. The molecule has 1 aliphatic carbocycles. The lowest BCUT2D eigenvalue weighted by atomic mass is 10.1. The molecule has 1 aromatic carbocycles. The van der Waals surface area contributed by atoms with E-state index < -0.39 is 19.6 Å². The van der Waals surface area contributed by atoms with Crippen LogP contribution in [0.3, 0.4) is 0 Å². The molecule has 104 valence electrons. The van der Waals surface area contributed by atoms with Gasteiger partial charge in [-0.2, -0.15) is 0 Å². The van der Waals surface area contributed by atoms with Gasteiger partial charge in [-0.05, 0) is 31.5 Å². The van der Waals surface area contributed by atoms with E-state index in [9.17, 15) is 13.2 Å². The summed E-state index contributed by atoms with van der Waals surface area (Å²) in [7, 11) is -3.31. The van der Waals surface area contributed by atoms with Crippen LogP contribution in [-0.4, -0.2) is 24.9 Å². The van der Waals surface area contributed by atoms with E-state index in [1.165, 1.54) is 12.1 Å². The second-order valence-electron chi connectivity index (χ2n) is 4.97. The Morgan fingerprint density at radius 3 is 2.42 bits per heavy atom. The fraction of sp³-hybridized carbons (Fsp3) is 0.417. The number of carbonyl (C=O) groups excluding carboxylic acids is 1. The van der Waals surface area contributed by atoms with E-state index in [-0.39, 0.29) is 10.8 Å². The van der Waals surface area contributed by atoms with E-state index in [4.69, 9.17) is 23.2 Å². The first kappa shape index (κ1) is 14.6. The van der Waals surface area contributed by atoms with Crippen molar-refractivity contribution in [3.63, 3.8) is 0 Å². The highest BCUT2D eigenvalue weighted by Crippen LogP contribution is 2.64. The van der Waals surface area contributed by atoms with Crippen molar-refractivity contribution in [1.82, 2.24) is 0 Å². The number of anilines is 1. The molecule has 0 aromatic heterocycles. The molecule has 19 heavy (non-hydrogen) atoms. The van der Waals surface area contributed by atoms with Crippen molar-refractivity contribution >= 4 is 44.6 Å². The molecule has 1 atom stereocenters. The minimum absolute atomic E-state index is 0.147. The van der Waals surface area contributed by atoms with Gasteiger partial charge in [0.2, 0.25) is 5.91 Å². The number of hydrogen-bond donors (Lipinski definition) is 1. The molecule has 0 spiro atoms. The monoisotopic (exact) mass is 321 g/mol. The first-order chi connectivity index (χ1) is 8.56. The maximum absolute atomic E-state index is 12.0. The van der Waals surface area contributed by atoms with Gasteiger partial charge in [0.1, 0.15) is 4.33 Å². The lowest BCUT2D eigenvalue weighted by Crippen LogP contribution is -2.26. The van der Waals surface area contributed by atoms with Gasteiger partial charge in [-0.1, -0.05) is 6.07 Å². The lowest BCUT2D eigenvalue weighted by Gasteiger charge is -2.13. The normalized spacial score (nSPS) is 24.8. The number of benzene rings is 1. The molecule has 0 radical (unpaired) electrons. The van der Waals surface area contributed by atoms with Crippen LogP contribution in [0.15, 0.2) is 29.2 Å². The maximum Gasteiger partial charge on any atom is 0.233 e. The smallest absolute Gasteiger partial charge is 0.233 e. The van der Waals surface area contributed by atoms with Crippen LogP contribution in [0.4, 0.5) is 5.69 Å². The second-order valence-corrected chi connectivity index (χ2v) is 8.47. The Balaban J connectivity index is 2.20. The molecule has 1 amide bonds. The summed E-state index contributed by atoms with van der Waals surface area (Å²) in [5.74, 6) is -0.317. The largest absolute Gasteiger partial charge is 0.325 e. The number of sulfone groups is 1. The van der Waals surface area contributed by atoms with Gasteiger partial charge in [0.05, 0.1) is 10.3 Å². The highest BCUT2D eigenvalue weighted by Gasteiger charge is 2.67. The van der Waals surface area contributed by atoms with Crippen molar-refractivity contribution in [2.45, 2.75) is 22.6 Å². The van der Waals surface area contributed by atoms with Crippen LogP contribution in [0.1, 0.15) is 13.3 Å². The van der Waals surface area contributed by atoms with E-state index in [1.54, 1.807) is 19.1 Å². The van der Waals surface area contributed by atoms with Crippen LogP contribution in [0.2, 0.25) is 0 Å². The highest BCUT2D eigenvalue weighted by molar-refractivity contribution is 7.90. The maximum atomic E-state index is 12.0. The third-order valence-electron chi connectivity index (χ3n) is 3.28. The molecule has 0 saturated heterocycles. The average molecular weight is 322 g/mol. The third kappa shape index (κ3) is 2.73. The molecule has 1 unspecified atom stereocenters. The molecule has 0 bridgehead atoms. The Bertz CT molecular complexity index is 642. The number of alkyl halides is 2. The van der Waals surface area contributed by atoms with E-state index >= 15 is 0 Å². The highest BCUT2D eigenvalue weighted by atomic mass is 35.5. The Labute approximate surface area is 122 Å². The topological polar surface area (TPSA) is 63.2 Å². The van der Waals surface area contributed by atoms with Gasteiger partial charge >= 0.3 is 0 Å². The Hall–Kier alpha value is -0.780. The zero-order valence-electron chi connectivity index (χ0n) is 10.4. The Morgan fingerprint density at radius 2 is 1.95 bits per heavy atom. The van der Waals surface area contributed by atoms with Crippen molar-refractivity contribution in [3.05, 3.63) is 24.3 Å². The number of carbonyl (C=O) groups is 1. The van der Waals surface area contributed by atoms with Crippen LogP contribution in [-0.2, 0) is 14.6 Å². The summed E-state index contributed by atoms with van der Waals surface area (Å²) in [5, 5.41) is 2.64. The van der Waals surface area contributed by atoms with E-state index in [0.29, 0.717) is 12.1 Å². The summed E-state index contributed by atoms with van der Waals surface area (Å²) < 4.78 is 21.8. The van der Waals surface area contributed by atoms with Crippen LogP contribution < -0.4 is 5.32 Å². The van der Waals surface area contributed by atoms with Gasteiger partial charge in [0.25, 0.3) is 0 Å². The second kappa shape index (κ2) is 4.36. The summed E-state index contributed by atoms with van der Waals surface area (Å²) in [6.45, 7) is 1.67. The van der Waals surface area contributed by atoms with Gasteiger partial charge in [0, 0.05) is 11.9 Å². The van der Waals surface area contributed by atoms with E-state index in [0.717, 1.165) is 6.26 Å². The molecular weight excluding hydrogens is 309 g/mol. The molecule has 0 aliphatic heterocycles.